The van der Waals surface area contributed by atoms with E-state index in [-0.39, 0.29) is 6.54 Å². The van der Waals surface area contributed by atoms with Crippen LogP contribution in [0.25, 0.3) is 11.0 Å². The highest BCUT2D eigenvalue weighted by molar-refractivity contribution is 7.86. The Morgan fingerprint density at radius 2 is 1.85 bits per heavy atom. The van der Waals surface area contributed by atoms with Crippen LogP contribution < -0.4 is 4.90 Å². The van der Waals surface area contributed by atoms with Crippen molar-refractivity contribution in [3.8, 4) is 0 Å². The van der Waals surface area contributed by atoms with Gasteiger partial charge >= 0.3 is 6.18 Å². The fourth-order valence-corrected chi connectivity index (χ4v) is 6.16. The molecule has 0 amide bonds. The largest absolute Gasteiger partial charge is 0.416 e. The number of fused-ring (bicyclic) bond motifs is 1. The minimum Gasteiger partial charge on any atom is -0.353 e. The Balaban J connectivity index is 1.32. The standard InChI is InChI=1S/C21H23F3N6O2S/c1-28(12-15-2-4-16(5-3-15)21(22,23)24)33(31,32)30-11-10-29(13-20(30)7-8-20)19-17-6-9-25-18(17)26-14-27-19/h2-6,9,14H,7-8,10-13H2,1H3,(H,25,26,27). The minimum atomic E-state index is -4.43. The summed E-state index contributed by atoms with van der Waals surface area (Å²) in [5, 5.41) is 0.893. The van der Waals surface area contributed by atoms with E-state index in [1.807, 2.05) is 6.07 Å². The van der Waals surface area contributed by atoms with E-state index in [1.54, 1.807) is 10.5 Å². The van der Waals surface area contributed by atoms with Crippen LogP contribution >= 0.6 is 0 Å². The molecular weight excluding hydrogens is 457 g/mol. The van der Waals surface area contributed by atoms with Crippen molar-refractivity contribution < 1.29 is 21.6 Å². The topological polar surface area (TPSA) is 85.4 Å². The molecule has 176 valence electrons. The second kappa shape index (κ2) is 7.67. The Morgan fingerprint density at radius 3 is 2.52 bits per heavy atom. The van der Waals surface area contributed by atoms with Crippen LogP contribution in [0.4, 0.5) is 19.0 Å². The summed E-state index contributed by atoms with van der Waals surface area (Å²) in [6, 6.07) is 6.49. The predicted octanol–water partition coefficient (Wildman–Crippen LogP) is 3.01. The quantitative estimate of drug-likeness (QED) is 0.607. The average Bonchev–Trinajstić information content (AvgIpc) is 3.34. The van der Waals surface area contributed by atoms with Crippen LogP contribution in [0, 0.1) is 0 Å². The molecule has 33 heavy (non-hydrogen) atoms. The van der Waals surface area contributed by atoms with Gasteiger partial charge in [0.25, 0.3) is 10.2 Å². The molecular formula is C21H23F3N6O2S. The highest BCUT2D eigenvalue weighted by Gasteiger charge is 2.56. The predicted molar refractivity (Wildman–Crippen MR) is 117 cm³/mol. The van der Waals surface area contributed by atoms with Gasteiger partial charge in [-0.25, -0.2) is 9.97 Å². The van der Waals surface area contributed by atoms with Crippen LogP contribution in [-0.4, -0.2) is 64.2 Å². The number of nitrogens with one attached hydrogen (secondary N) is 1. The summed E-state index contributed by atoms with van der Waals surface area (Å²) in [5.41, 5.74) is -0.0327. The van der Waals surface area contributed by atoms with E-state index in [4.69, 9.17) is 0 Å². The van der Waals surface area contributed by atoms with Gasteiger partial charge in [0.1, 0.15) is 17.8 Å². The van der Waals surface area contributed by atoms with Crippen LogP contribution in [0.1, 0.15) is 24.0 Å². The molecule has 0 bridgehead atoms. The van der Waals surface area contributed by atoms with E-state index in [0.717, 1.165) is 41.8 Å². The van der Waals surface area contributed by atoms with Gasteiger partial charge in [-0.15, -0.1) is 0 Å². The van der Waals surface area contributed by atoms with E-state index in [2.05, 4.69) is 19.9 Å². The normalized spacial score (nSPS) is 19.0. The molecule has 5 rings (SSSR count). The first-order valence-electron chi connectivity index (χ1n) is 10.5. The third-order valence-electron chi connectivity index (χ3n) is 6.41. The lowest BCUT2D eigenvalue weighted by Crippen LogP contribution is -2.59. The fourth-order valence-electron chi connectivity index (χ4n) is 4.47. The summed E-state index contributed by atoms with van der Waals surface area (Å²) in [4.78, 5) is 13.8. The molecule has 1 spiro atoms. The van der Waals surface area contributed by atoms with Gasteiger partial charge in [0.05, 0.1) is 16.5 Å². The van der Waals surface area contributed by atoms with Crippen LogP contribution in [0.3, 0.4) is 0 Å². The average molecular weight is 481 g/mol. The highest BCUT2D eigenvalue weighted by Crippen LogP contribution is 2.47. The number of benzene rings is 1. The molecule has 3 heterocycles. The molecule has 1 aromatic carbocycles. The number of alkyl halides is 3. The lowest BCUT2D eigenvalue weighted by molar-refractivity contribution is -0.137. The zero-order chi connectivity index (χ0) is 23.4. The second-order valence-electron chi connectivity index (χ2n) is 8.61. The van der Waals surface area contributed by atoms with E-state index in [1.165, 1.54) is 29.8 Å². The third kappa shape index (κ3) is 3.96. The summed E-state index contributed by atoms with van der Waals surface area (Å²) in [7, 11) is -2.34. The number of anilines is 1. The highest BCUT2D eigenvalue weighted by atomic mass is 32.2. The minimum absolute atomic E-state index is 0.00729. The van der Waals surface area contributed by atoms with E-state index < -0.39 is 27.5 Å². The summed E-state index contributed by atoms with van der Waals surface area (Å²) < 4.78 is 68.0. The number of aromatic nitrogens is 3. The number of hydrogen-bond acceptors (Lipinski definition) is 5. The number of halogens is 3. The third-order valence-corrected chi connectivity index (χ3v) is 8.45. The van der Waals surface area contributed by atoms with Gasteiger partial charge in [-0.05, 0) is 36.6 Å². The molecule has 8 nitrogen and oxygen atoms in total. The van der Waals surface area contributed by atoms with Crippen molar-refractivity contribution in [3.05, 3.63) is 54.0 Å². The number of H-pyrrole nitrogens is 1. The molecule has 0 unspecified atom stereocenters. The molecule has 12 heteroatoms. The fraction of sp³-hybridized carbons (Fsp3) is 0.429. The summed E-state index contributed by atoms with van der Waals surface area (Å²) in [6.07, 6.45) is 0.363. The Morgan fingerprint density at radius 1 is 1.12 bits per heavy atom. The van der Waals surface area contributed by atoms with Gasteiger partial charge in [-0.2, -0.15) is 30.2 Å². The molecule has 1 saturated heterocycles. The van der Waals surface area contributed by atoms with Crippen LogP contribution in [0.15, 0.2) is 42.9 Å². The van der Waals surface area contributed by atoms with Crippen molar-refractivity contribution in [2.45, 2.75) is 31.1 Å². The Labute approximate surface area is 189 Å². The maximum absolute atomic E-state index is 13.4. The molecule has 0 radical (unpaired) electrons. The van der Waals surface area contributed by atoms with Crippen molar-refractivity contribution in [3.63, 3.8) is 0 Å². The van der Waals surface area contributed by atoms with Gasteiger partial charge < -0.3 is 9.88 Å². The Bertz CT molecular complexity index is 1270. The lowest BCUT2D eigenvalue weighted by atomic mass is 10.1. The Kier molecular flexibility index (Phi) is 5.14. The smallest absolute Gasteiger partial charge is 0.353 e. The molecule has 2 fully saturated rings. The van der Waals surface area contributed by atoms with E-state index in [0.29, 0.717) is 25.2 Å². The first-order chi connectivity index (χ1) is 15.6. The van der Waals surface area contributed by atoms with Gasteiger partial charge in [0.2, 0.25) is 0 Å². The van der Waals surface area contributed by atoms with Gasteiger partial charge in [-0.1, -0.05) is 12.1 Å². The molecule has 2 aliphatic rings. The van der Waals surface area contributed by atoms with E-state index >= 15 is 0 Å². The zero-order valence-electron chi connectivity index (χ0n) is 17.9. The molecule has 1 saturated carbocycles. The molecule has 1 aliphatic carbocycles. The van der Waals surface area contributed by atoms with Crippen molar-refractivity contribution in [1.82, 2.24) is 23.6 Å². The zero-order valence-corrected chi connectivity index (χ0v) is 18.7. The van der Waals surface area contributed by atoms with Gasteiger partial charge in [0.15, 0.2) is 0 Å². The van der Waals surface area contributed by atoms with Gasteiger partial charge in [-0.3, -0.25) is 0 Å². The van der Waals surface area contributed by atoms with E-state index in [9.17, 15) is 21.6 Å². The van der Waals surface area contributed by atoms with Crippen molar-refractivity contribution in [2.24, 2.45) is 0 Å². The maximum atomic E-state index is 13.4. The first kappa shape index (κ1) is 22.1. The molecule has 0 atom stereocenters. The molecule has 1 aliphatic heterocycles. The number of rotatable bonds is 5. The first-order valence-corrected chi connectivity index (χ1v) is 11.9. The summed E-state index contributed by atoms with van der Waals surface area (Å²) in [5.74, 6) is 0.780. The number of piperazine rings is 1. The van der Waals surface area contributed by atoms with Crippen LogP contribution in [0.5, 0.6) is 0 Å². The van der Waals surface area contributed by atoms with Crippen LogP contribution in [0.2, 0.25) is 0 Å². The van der Waals surface area contributed by atoms with Crippen molar-refractivity contribution in [2.75, 3.05) is 31.6 Å². The monoisotopic (exact) mass is 480 g/mol. The van der Waals surface area contributed by atoms with Crippen LogP contribution in [-0.2, 0) is 22.9 Å². The maximum Gasteiger partial charge on any atom is 0.416 e. The SMILES string of the molecule is CN(Cc1ccc(C(F)(F)F)cc1)S(=O)(=O)N1CCN(c2ncnc3[nH]ccc23)CC12CC2. The van der Waals surface area contributed by atoms with Crippen molar-refractivity contribution >= 4 is 27.1 Å². The molecule has 1 N–H and O–H groups in total. The Hall–Kier alpha value is -2.70. The summed E-state index contributed by atoms with van der Waals surface area (Å²) in [6.45, 7) is 1.30. The number of hydrogen-bond donors (Lipinski definition) is 1. The number of nitrogens with zero attached hydrogens (tertiary/aromatic N) is 5. The molecule has 2 aromatic heterocycles. The number of aromatic amines is 1. The van der Waals surface area contributed by atoms with Gasteiger partial charge in [0, 0.05) is 39.4 Å². The lowest BCUT2D eigenvalue weighted by Gasteiger charge is -2.43. The summed E-state index contributed by atoms with van der Waals surface area (Å²) >= 11 is 0. The second-order valence-corrected chi connectivity index (χ2v) is 10.6. The molecule has 3 aromatic rings. The van der Waals surface area contributed by atoms with Crippen molar-refractivity contribution in [1.29, 1.82) is 0 Å².